The average molecular weight is 437 g/mol. The molecule has 1 aromatic carbocycles. The average Bonchev–Trinajstić information content (AvgIpc) is 2.91. The molecule has 104 valence electrons. The lowest BCUT2D eigenvalue weighted by Crippen LogP contribution is -2.13. The Balaban J connectivity index is 1.99. The molecule has 0 aliphatic heterocycles. The predicted octanol–water partition coefficient (Wildman–Crippen LogP) is 3.95. The predicted molar refractivity (Wildman–Crippen MR) is 86.6 cm³/mol. The fourth-order valence-corrected chi connectivity index (χ4v) is 6.47. The Morgan fingerprint density at radius 2 is 2.00 bits per heavy atom. The van der Waals surface area contributed by atoms with Crippen LogP contribution in [-0.4, -0.2) is 18.4 Å². The van der Waals surface area contributed by atoms with Gasteiger partial charge in [0, 0.05) is 0 Å². The number of fused-ring (bicyclic) bond motifs is 1. The molecule has 0 spiro atoms. The minimum atomic E-state index is -3.68. The molecule has 20 heavy (non-hydrogen) atoms. The van der Waals surface area contributed by atoms with Crippen molar-refractivity contribution in [1.82, 2.24) is 9.97 Å². The molecule has 0 radical (unpaired) electrons. The number of nitrogens with one attached hydrogen (secondary N) is 2. The van der Waals surface area contributed by atoms with Gasteiger partial charge in [-0.3, -0.25) is 0 Å². The van der Waals surface area contributed by atoms with Crippen LogP contribution in [0.15, 0.2) is 42.8 Å². The van der Waals surface area contributed by atoms with Crippen molar-refractivity contribution in [3.63, 3.8) is 0 Å². The maximum atomic E-state index is 12.3. The van der Waals surface area contributed by atoms with Crippen molar-refractivity contribution in [1.29, 1.82) is 0 Å². The van der Waals surface area contributed by atoms with Crippen molar-refractivity contribution in [2.24, 2.45) is 0 Å². The van der Waals surface area contributed by atoms with Crippen LogP contribution in [0.25, 0.3) is 11.0 Å². The van der Waals surface area contributed by atoms with E-state index in [1.165, 1.54) is 11.3 Å². The van der Waals surface area contributed by atoms with Gasteiger partial charge in [-0.2, -0.15) is 0 Å². The van der Waals surface area contributed by atoms with Crippen LogP contribution in [0.1, 0.15) is 0 Å². The first kappa shape index (κ1) is 14.1. The lowest BCUT2D eigenvalue weighted by Gasteiger charge is -2.03. The third kappa shape index (κ3) is 2.62. The highest BCUT2D eigenvalue weighted by molar-refractivity contribution is 9.12. The van der Waals surface area contributed by atoms with Crippen LogP contribution >= 0.6 is 43.2 Å². The second-order valence-electron chi connectivity index (χ2n) is 3.90. The second kappa shape index (κ2) is 5.14. The number of hydrogen-bond acceptors (Lipinski definition) is 4. The zero-order valence-electron chi connectivity index (χ0n) is 9.72. The molecule has 2 N–H and O–H groups in total. The van der Waals surface area contributed by atoms with Gasteiger partial charge in [0.25, 0.3) is 10.0 Å². The van der Waals surface area contributed by atoms with E-state index in [2.05, 4.69) is 46.5 Å². The minimum Gasteiger partial charge on any atom is -0.323 e. The van der Waals surface area contributed by atoms with Crippen LogP contribution in [0.4, 0.5) is 5.95 Å². The van der Waals surface area contributed by atoms with Crippen molar-refractivity contribution in [3.05, 3.63) is 37.9 Å². The van der Waals surface area contributed by atoms with Crippen molar-refractivity contribution in [3.8, 4) is 0 Å². The van der Waals surface area contributed by atoms with Crippen LogP contribution in [0.2, 0.25) is 0 Å². The number of benzene rings is 1. The van der Waals surface area contributed by atoms with Gasteiger partial charge in [-0.1, -0.05) is 12.1 Å². The van der Waals surface area contributed by atoms with Gasteiger partial charge < -0.3 is 4.98 Å². The molecule has 0 aliphatic rings. The number of thiophene rings is 1. The molecular formula is C11H7Br2N3O2S2. The number of nitrogens with zero attached hydrogens (tertiary/aromatic N) is 1. The van der Waals surface area contributed by atoms with Crippen molar-refractivity contribution < 1.29 is 8.42 Å². The third-order valence-electron chi connectivity index (χ3n) is 2.54. The molecule has 0 aliphatic carbocycles. The SMILES string of the molecule is O=S(=O)(Nc1nc2ccccc2[nH]1)c1cc(Br)sc1Br. The van der Waals surface area contributed by atoms with Gasteiger partial charge in [0.15, 0.2) is 0 Å². The Labute approximate surface area is 135 Å². The number of anilines is 1. The summed E-state index contributed by atoms with van der Waals surface area (Å²) in [5.74, 6) is 0.195. The largest absolute Gasteiger partial charge is 0.323 e. The molecule has 3 rings (SSSR count). The molecule has 0 bridgehead atoms. The van der Waals surface area contributed by atoms with Crippen LogP contribution in [0, 0.1) is 0 Å². The maximum absolute atomic E-state index is 12.3. The van der Waals surface area contributed by atoms with Crippen molar-refractivity contribution in [2.75, 3.05) is 4.72 Å². The fourth-order valence-electron chi connectivity index (χ4n) is 1.69. The lowest BCUT2D eigenvalue weighted by molar-refractivity contribution is 0.601. The highest BCUT2D eigenvalue weighted by Gasteiger charge is 2.21. The summed E-state index contributed by atoms with van der Waals surface area (Å²) < 4.78 is 28.3. The maximum Gasteiger partial charge on any atom is 0.266 e. The van der Waals surface area contributed by atoms with E-state index in [1.54, 1.807) is 12.1 Å². The van der Waals surface area contributed by atoms with E-state index >= 15 is 0 Å². The molecule has 0 fully saturated rings. The Morgan fingerprint density at radius 3 is 2.65 bits per heavy atom. The van der Waals surface area contributed by atoms with Gasteiger partial charge in [0.05, 0.1) is 18.6 Å². The number of halogens is 2. The first-order valence-electron chi connectivity index (χ1n) is 5.38. The fraction of sp³-hybridized carbons (Fsp3) is 0. The summed E-state index contributed by atoms with van der Waals surface area (Å²) in [6.07, 6.45) is 0. The summed E-state index contributed by atoms with van der Waals surface area (Å²) in [4.78, 5) is 7.29. The van der Waals surface area contributed by atoms with Crippen LogP contribution in [-0.2, 0) is 10.0 Å². The highest BCUT2D eigenvalue weighted by Crippen LogP contribution is 2.35. The van der Waals surface area contributed by atoms with E-state index in [-0.39, 0.29) is 10.8 Å². The molecule has 0 saturated heterocycles. The minimum absolute atomic E-state index is 0.176. The number of hydrogen-bond donors (Lipinski definition) is 2. The molecular weight excluding hydrogens is 430 g/mol. The first-order valence-corrected chi connectivity index (χ1v) is 9.27. The molecule has 9 heteroatoms. The van der Waals surface area contributed by atoms with Crippen LogP contribution < -0.4 is 4.72 Å². The van der Waals surface area contributed by atoms with Crippen molar-refractivity contribution >= 4 is 70.2 Å². The standard InChI is InChI=1S/C11H7Br2N3O2S2/c12-9-5-8(10(13)19-9)20(17,18)16-11-14-6-3-1-2-4-7(6)15-11/h1-5H,(H2,14,15,16). The number of H-pyrrole nitrogens is 1. The summed E-state index contributed by atoms with van der Waals surface area (Å²) >= 11 is 7.80. The van der Waals surface area contributed by atoms with Crippen LogP contribution in [0.3, 0.4) is 0 Å². The van der Waals surface area contributed by atoms with E-state index in [0.717, 1.165) is 9.30 Å². The Kier molecular flexibility index (Phi) is 3.61. The van der Waals surface area contributed by atoms with Crippen LogP contribution in [0.5, 0.6) is 0 Å². The van der Waals surface area contributed by atoms with Gasteiger partial charge in [0.2, 0.25) is 5.95 Å². The molecule has 0 amide bonds. The summed E-state index contributed by atoms with van der Waals surface area (Å²) in [5.41, 5.74) is 1.48. The smallest absolute Gasteiger partial charge is 0.266 e. The molecule has 3 aromatic rings. The van der Waals surface area contributed by atoms with Crippen molar-refractivity contribution in [2.45, 2.75) is 4.90 Å². The summed E-state index contributed by atoms with van der Waals surface area (Å²) in [6.45, 7) is 0. The molecule has 5 nitrogen and oxygen atoms in total. The Hall–Kier alpha value is -0.900. The van der Waals surface area contributed by atoms with E-state index in [1.807, 2.05) is 18.2 Å². The van der Waals surface area contributed by atoms with Gasteiger partial charge >= 0.3 is 0 Å². The number of para-hydroxylation sites is 2. The molecule has 2 aromatic heterocycles. The second-order valence-corrected chi connectivity index (χ2v) is 9.30. The van der Waals surface area contributed by atoms with Gasteiger partial charge in [-0.25, -0.2) is 18.1 Å². The molecule has 2 heterocycles. The Morgan fingerprint density at radius 1 is 1.25 bits per heavy atom. The molecule has 0 unspecified atom stereocenters. The first-order chi connectivity index (χ1) is 9.45. The number of aromatic amines is 1. The third-order valence-corrected chi connectivity index (χ3v) is 6.63. The molecule has 0 saturated carbocycles. The van der Waals surface area contributed by atoms with Gasteiger partial charge in [-0.05, 0) is 50.1 Å². The van der Waals surface area contributed by atoms with E-state index < -0.39 is 10.0 Å². The van der Waals surface area contributed by atoms with E-state index in [9.17, 15) is 8.42 Å². The summed E-state index contributed by atoms with van der Waals surface area (Å²) in [6, 6.07) is 8.87. The van der Waals surface area contributed by atoms with E-state index in [4.69, 9.17) is 0 Å². The quantitative estimate of drug-likeness (QED) is 0.652. The molecule has 0 atom stereocenters. The normalized spacial score (nSPS) is 11.9. The number of imidazole rings is 1. The van der Waals surface area contributed by atoms with E-state index in [0.29, 0.717) is 9.30 Å². The zero-order chi connectivity index (χ0) is 14.3. The topological polar surface area (TPSA) is 74.8 Å². The number of sulfonamides is 1. The zero-order valence-corrected chi connectivity index (χ0v) is 14.5. The summed E-state index contributed by atoms with van der Waals surface area (Å²) in [7, 11) is -3.68. The summed E-state index contributed by atoms with van der Waals surface area (Å²) in [5, 5.41) is 0. The van der Waals surface area contributed by atoms with Gasteiger partial charge in [-0.15, -0.1) is 11.3 Å². The number of rotatable bonds is 3. The highest BCUT2D eigenvalue weighted by atomic mass is 79.9. The monoisotopic (exact) mass is 435 g/mol. The number of aromatic nitrogens is 2. The Bertz CT molecular complexity index is 853. The van der Waals surface area contributed by atoms with Gasteiger partial charge in [0.1, 0.15) is 4.90 Å². The lowest BCUT2D eigenvalue weighted by atomic mass is 10.3.